The minimum Gasteiger partial charge on any atom is -0.493 e. The minimum atomic E-state index is 0.679. The molecule has 0 spiro atoms. The van der Waals surface area contributed by atoms with Gasteiger partial charge in [-0.2, -0.15) is 0 Å². The van der Waals surface area contributed by atoms with E-state index >= 15 is 0 Å². The number of benzene rings is 2. The van der Waals surface area contributed by atoms with Crippen molar-refractivity contribution in [3.05, 3.63) is 59.7 Å². The van der Waals surface area contributed by atoms with Gasteiger partial charge in [-0.25, -0.2) is 0 Å². The molecule has 2 heteroatoms. The van der Waals surface area contributed by atoms with Crippen LogP contribution in [0.3, 0.4) is 0 Å². The molecule has 1 fully saturated rings. The highest BCUT2D eigenvalue weighted by atomic mass is 16.5. The monoisotopic (exact) mass is 436 g/mol. The van der Waals surface area contributed by atoms with Crippen molar-refractivity contribution in [2.24, 2.45) is 11.8 Å². The van der Waals surface area contributed by atoms with E-state index in [1.54, 1.807) is 0 Å². The van der Waals surface area contributed by atoms with E-state index in [1.165, 1.54) is 88.2 Å². The molecule has 0 heterocycles. The first-order valence-electron chi connectivity index (χ1n) is 13.2. The standard InChI is InChI=1S/C30H44O2/c1-3-5-7-9-25-15-19-29(20-16-25)31-23-27-11-13-28(14-12-27)24-32-30-21-17-26(18-22-30)10-8-6-4-2/h15-22,27-28H,3-14,23-24H2,1-2H3/t27-,28-. The third kappa shape index (κ3) is 8.88. The van der Waals surface area contributed by atoms with Crippen LogP contribution in [-0.4, -0.2) is 13.2 Å². The lowest BCUT2D eigenvalue weighted by Crippen LogP contribution is -2.23. The number of rotatable bonds is 14. The van der Waals surface area contributed by atoms with Crippen molar-refractivity contribution in [2.75, 3.05) is 13.2 Å². The summed E-state index contributed by atoms with van der Waals surface area (Å²) in [6, 6.07) is 17.5. The van der Waals surface area contributed by atoms with Crippen LogP contribution < -0.4 is 9.47 Å². The second-order valence-corrected chi connectivity index (χ2v) is 9.71. The van der Waals surface area contributed by atoms with Crippen LogP contribution in [0.2, 0.25) is 0 Å². The molecule has 0 aromatic heterocycles. The quantitative estimate of drug-likeness (QED) is 0.277. The van der Waals surface area contributed by atoms with Gasteiger partial charge in [0, 0.05) is 0 Å². The first-order chi connectivity index (χ1) is 15.8. The molecule has 1 aliphatic carbocycles. The Balaban J connectivity index is 1.29. The molecular formula is C30H44O2. The highest BCUT2D eigenvalue weighted by molar-refractivity contribution is 5.28. The lowest BCUT2D eigenvalue weighted by molar-refractivity contribution is 0.148. The van der Waals surface area contributed by atoms with Gasteiger partial charge in [0.25, 0.3) is 0 Å². The second-order valence-electron chi connectivity index (χ2n) is 9.71. The predicted octanol–water partition coefficient (Wildman–Crippen LogP) is 8.42. The molecular weight excluding hydrogens is 392 g/mol. The third-order valence-corrected chi connectivity index (χ3v) is 6.92. The summed E-state index contributed by atoms with van der Waals surface area (Å²) in [5.41, 5.74) is 2.86. The average Bonchev–Trinajstić information content (AvgIpc) is 2.84. The summed E-state index contributed by atoms with van der Waals surface area (Å²) in [6.45, 7) is 6.21. The van der Waals surface area contributed by atoms with E-state index < -0.39 is 0 Å². The zero-order chi connectivity index (χ0) is 22.4. The Kier molecular flexibility index (Phi) is 11.0. The van der Waals surface area contributed by atoms with Crippen molar-refractivity contribution < 1.29 is 9.47 Å². The largest absolute Gasteiger partial charge is 0.493 e. The predicted molar refractivity (Wildman–Crippen MR) is 136 cm³/mol. The van der Waals surface area contributed by atoms with Crippen LogP contribution in [0.25, 0.3) is 0 Å². The second kappa shape index (κ2) is 14.2. The molecule has 2 aromatic rings. The molecule has 0 aliphatic heterocycles. The molecule has 1 aliphatic rings. The topological polar surface area (TPSA) is 18.5 Å². The molecule has 0 radical (unpaired) electrons. The van der Waals surface area contributed by atoms with Gasteiger partial charge < -0.3 is 9.47 Å². The van der Waals surface area contributed by atoms with Crippen LogP contribution in [0, 0.1) is 11.8 Å². The van der Waals surface area contributed by atoms with Crippen molar-refractivity contribution in [3.63, 3.8) is 0 Å². The Morgan fingerprint density at radius 1 is 0.562 bits per heavy atom. The van der Waals surface area contributed by atoms with E-state index in [-0.39, 0.29) is 0 Å². The molecule has 0 bridgehead atoms. The smallest absolute Gasteiger partial charge is 0.119 e. The fourth-order valence-corrected chi connectivity index (χ4v) is 4.66. The van der Waals surface area contributed by atoms with Crippen LogP contribution in [0.1, 0.15) is 89.2 Å². The Hall–Kier alpha value is -1.96. The van der Waals surface area contributed by atoms with Crippen molar-refractivity contribution >= 4 is 0 Å². The first kappa shape index (κ1) is 24.7. The van der Waals surface area contributed by atoms with Crippen LogP contribution in [0.5, 0.6) is 11.5 Å². The van der Waals surface area contributed by atoms with Gasteiger partial charge in [0.15, 0.2) is 0 Å². The van der Waals surface area contributed by atoms with Gasteiger partial charge in [-0.3, -0.25) is 0 Å². The number of aryl methyl sites for hydroxylation is 2. The lowest BCUT2D eigenvalue weighted by atomic mass is 9.83. The molecule has 0 N–H and O–H groups in total. The molecule has 0 unspecified atom stereocenters. The molecule has 0 amide bonds. The lowest BCUT2D eigenvalue weighted by Gasteiger charge is -2.28. The van der Waals surface area contributed by atoms with E-state index in [2.05, 4.69) is 62.4 Å². The van der Waals surface area contributed by atoms with Crippen molar-refractivity contribution in [1.82, 2.24) is 0 Å². The van der Waals surface area contributed by atoms with Crippen molar-refractivity contribution in [1.29, 1.82) is 0 Å². The third-order valence-electron chi connectivity index (χ3n) is 6.92. The van der Waals surface area contributed by atoms with E-state index in [0.29, 0.717) is 11.8 Å². The van der Waals surface area contributed by atoms with Crippen LogP contribution in [-0.2, 0) is 12.8 Å². The summed E-state index contributed by atoms with van der Waals surface area (Å²) >= 11 is 0. The summed E-state index contributed by atoms with van der Waals surface area (Å²) in [5.74, 6) is 3.40. The van der Waals surface area contributed by atoms with Gasteiger partial charge in [0.2, 0.25) is 0 Å². The Bertz CT molecular complexity index is 661. The fourth-order valence-electron chi connectivity index (χ4n) is 4.66. The zero-order valence-corrected chi connectivity index (χ0v) is 20.5. The normalized spacial score (nSPS) is 18.4. The average molecular weight is 437 g/mol. The number of ether oxygens (including phenoxy) is 2. The zero-order valence-electron chi connectivity index (χ0n) is 20.5. The summed E-state index contributed by atoms with van der Waals surface area (Å²) < 4.78 is 12.2. The summed E-state index contributed by atoms with van der Waals surface area (Å²) in [7, 11) is 0. The van der Waals surface area contributed by atoms with E-state index in [9.17, 15) is 0 Å². The summed E-state index contributed by atoms with van der Waals surface area (Å²) in [4.78, 5) is 0. The first-order valence-corrected chi connectivity index (χ1v) is 13.2. The van der Waals surface area contributed by atoms with E-state index in [1.807, 2.05) is 0 Å². The van der Waals surface area contributed by atoms with Crippen molar-refractivity contribution in [3.8, 4) is 11.5 Å². The highest BCUT2D eigenvalue weighted by Gasteiger charge is 2.22. The summed E-state index contributed by atoms with van der Waals surface area (Å²) in [5, 5.41) is 0. The van der Waals surface area contributed by atoms with Crippen LogP contribution in [0.4, 0.5) is 0 Å². The van der Waals surface area contributed by atoms with Crippen molar-refractivity contribution in [2.45, 2.75) is 90.9 Å². The van der Waals surface area contributed by atoms with E-state index in [0.717, 1.165) is 24.7 Å². The number of hydrogen-bond acceptors (Lipinski definition) is 2. The summed E-state index contributed by atoms with van der Waals surface area (Å²) in [6.07, 6.45) is 15.1. The van der Waals surface area contributed by atoms with Gasteiger partial charge in [-0.1, -0.05) is 63.8 Å². The van der Waals surface area contributed by atoms with Crippen LogP contribution >= 0.6 is 0 Å². The van der Waals surface area contributed by atoms with Crippen LogP contribution in [0.15, 0.2) is 48.5 Å². The Morgan fingerprint density at radius 2 is 0.938 bits per heavy atom. The molecule has 176 valence electrons. The molecule has 3 rings (SSSR count). The maximum Gasteiger partial charge on any atom is 0.119 e. The maximum absolute atomic E-state index is 6.11. The van der Waals surface area contributed by atoms with Gasteiger partial charge in [0.1, 0.15) is 11.5 Å². The van der Waals surface area contributed by atoms with Gasteiger partial charge in [-0.05, 0) is 98.6 Å². The highest BCUT2D eigenvalue weighted by Crippen LogP contribution is 2.30. The molecule has 2 aromatic carbocycles. The number of unbranched alkanes of at least 4 members (excludes halogenated alkanes) is 4. The van der Waals surface area contributed by atoms with Gasteiger partial charge >= 0.3 is 0 Å². The SMILES string of the molecule is CCCCCc1ccc(OC[C@H]2CC[C@H](COc3ccc(CCCCC)cc3)CC2)cc1. The minimum absolute atomic E-state index is 0.679. The number of hydrogen-bond donors (Lipinski definition) is 0. The van der Waals surface area contributed by atoms with Gasteiger partial charge in [-0.15, -0.1) is 0 Å². The maximum atomic E-state index is 6.11. The van der Waals surface area contributed by atoms with E-state index in [4.69, 9.17) is 9.47 Å². The molecule has 0 saturated heterocycles. The molecule has 1 saturated carbocycles. The van der Waals surface area contributed by atoms with Gasteiger partial charge in [0.05, 0.1) is 13.2 Å². The molecule has 0 atom stereocenters. The fraction of sp³-hybridized carbons (Fsp3) is 0.600. The molecule has 2 nitrogen and oxygen atoms in total. The Morgan fingerprint density at radius 3 is 1.28 bits per heavy atom. The molecule has 32 heavy (non-hydrogen) atoms. The Labute approximate surface area is 196 Å².